The summed E-state index contributed by atoms with van der Waals surface area (Å²) in [7, 11) is 0. The number of rotatable bonds is 8. The van der Waals surface area contributed by atoms with Crippen LogP contribution in [-0.4, -0.2) is 51.4 Å². The number of anilines is 1. The Morgan fingerprint density at radius 3 is 2.26 bits per heavy atom. The summed E-state index contributed by atoms with van der Waals surface area (Å²) in [4.78, 5) is 56.4. The number of thioether (sulfide) groups is 1. The average molecular weight is 535 g/mol. The third-order valence-electron chi connectivity index (χ3n) is 5.54. The maximum absolute atomic E-state index is 12.9. The first-order chi connectivity index (χ1) is 18.4. The molecule has 0 bridgehead atoms. The van der Waals surface area contributed by atoms with Gasteiger partial charge in [0.15, 0.2) is 0 Å². The predicted molar refractivity (Wildman–Crippen MR) is 139 cm³/mol. The highest BCUT2D eigenvalue weighted by Crippen LogP contribution is 2.45. The minimum Gasteiger partial charge on any atom is -0.461 e. The van der Waals surface area contributed by atoms with Crippen molar-refractivity contribution >= 4 is 35.4 Å². The molecule has 1 aliphatic heterocycles. The van der Waals surface area contributed by atoms with Gasteiger partial charge in [0.1, 0.15) is 24.6 Å². The highest BCUT2D eigenvalue weighted by atomic mass is 32.2. The number of aromatic nitrogens is 2. The van der Waals surface area contributed by atoms with Crippen LogP contribution in [0.25, 0.3) is 10.4 Å². The molecule has 0 saturated carbocycles. The second-order valence-electron chi connectivity index (χ2n) is 8.14. The molecule has 2 aromatic carbocycles. The standard InChI is InChI=1S/C25H22N6O6S/c1-15(32)27-19-12-13-31(25(35)28-19)22-20(29-30-26)21(37-24(34)17-10-6-3-7-11-17)18(38-22)14-36-23(33)16-8-4-2-5-9-16/h2-13,18,20-22H,14H2,1H3,(H,27,28,32,35)/t18-,20-,21-,22-/m1/s1. The molecule has 12 nitrogen and oxygen atoms in total. The van der Waals surface area contributed by atoms with Crippen molar-refractivity contribution in [3.63, 3.8) is 0 Å². The quantitative estimate of drug-likeness (QED) is 0.198. The first-order valence-electron chi connectivity index (χ1n) is 11.4. The number of benzene rings is 2. The molecule has 1 fully saturated rings. The Morgan fingerprint density at radius 1 is 1.05 bits per heavy atom. The van der Waals surface area contributed by atoms with E-state index in [1.807, 2.05) is 0 Å². The summed E-state index contributed by atoms with van der Waals surface area (Å²) in [5.41, 5.74) is 9.19. The molecule has 2 heterocycles. The largest absolute Gasteiger partial charge is 0.461 e. The van der Waals surface area contributed by atoms with Crippen molar-refractivity contribution in [3.05, 3.63) is 105 Å². The fraction of sp³-hybridized carbons (Fsp3) is 0.240. The van der Waals surface area contributed by atoms with Gasteiger partial charge >= 0.3 is 17.6 Å². The smallest absolute Gasteiger partial charge is 0.350 e. The van der Waals surface area contributed by atoms with Crippen LogP contribution < -0.4 is 11.0 Å². The number of nitrogens with zero attached hydrogens (tertiary/aromatic N) is 5. The normalized spacial score (nSPS) is 20.1. The van der Waals surface area contributed by atoms with Crippen molar-refractivity contribution in [2.45, 2.75) is 29.7 Å². The summed E-state index contributed by atoms with van der Waals surface area (Å²) in [6.45, 7) is 1.09. The Hall–Kier alpha value is -4.61. The fourth-order valence-corrected chi connectivity index (χ4v) is 5.39. The Kier molecular flexibility index (Phi) is 8.41. The van der Waals surface area contributed by atoms with Crippen molar-refractivity contribution in [2.75, 3.05) is 11.9 Å². The van der Waals surface area contributed by atoms with E-state index in [0.29, 0.717) is 5.56 Å². The van der Waals surface area contributed by atoms with E-state index in [0.717, 1.165) is 11.8 Å². The second-order valence-corrected chi connectivity index (χ2v) is 9.51. The summed E-state index contributed by atoms with van der Waals surface area (Å²) in [6.07, 6.45) is 0.353. The van der Waals surface area contributed by atoms with E-state index < -0.39 is 46.3 Å². The zero-order chi connectivity index (χ0) is 27.1. The minimum absolute atomic E-state index is 0.0578. The maximum Gasteiger partial charge on any atom is 0.350 e. The van der Waals surface area contributed by atoms with Crippen molar-refractivity contribution in [3.8, 4) is 0 Å². The molecule has 38 heavy (non-hydrogen) atoms. The Balaban J connectivity index is 1.64. The van der Waals surface area contributed by atoms with Crippen molar-refractivity contribution < 1.29 is 23.9 Å². The number of hydrogen-bond donors (Lipinski definition) is 1. The lowest BCUT2D eigenvalue weighted by Gasteiger charge is -2.23. The number of ether oxygens (including phenoxy) is 2. The van der Waals surface area contributed by atoms with Crippen molar-refractivity contribution in [1.82, 2.24) is 9.55 Å². The molecule has 0 spiro atoms. The number of hydrogen-bond acceptors (Lipinski definition) is 9. The van der Waals surface area contributed by atoms with Crippen molar-refractivity contribution in [2.24, 2.45) is 5.11 Å². The van der Waals surface area contributed by atoms with E-state index >= 15 is 0 Å². The first kappa shape index (κ1) is 26.5. The lowest BCUT2D eigenvalue weighted by atomic mass is 10.1. The van der Waals surface area contributed by atoms with Gasteiger partial charge in [0.05, 0.1) is 21.8 Å². The Labute approximate surface area is 220 Å². The minimum atomic E-state index is -1.04. The maximum atomic E-state index is 12.9. The number of amides is 1. The Bertz CT molecular complexity index is 1430. The van der Waals surface area contributed by atoms with E-state index in [-0.39, 0.29) is 18.0 Å². The molecule has 1 saturated heterocycles. The van der Waals surface area contributed by atoms with Gasteiger partial charge in [-0.1, -0.05) is 41.5 Å². The van der Waals surface area contributed by atoms with E-state index in [4.69, 9.17) is 9.47 Å². The molecule has 4 atom stereocenters. The third-order valence-corrected chi connectivity index (χ3v) is 7.08. The molecular formula is C25H22N6O6S. The molecule has 1 N–H and O–H groups in total. The lowest BCUT2D eigenvalue weighted by molar-refractivity contribution is -0.114. The first-order valence-corrected chi connectivity index (χ1v) is 12.4. The van der Waals surface area contributed by atoms with E-state index in [2.05, 4.69) is 20.3 Å². The molecule has 1 amide bonds. The number of esters is 2. The molecule has 194 valence electrons. The molecule has 0 aliphatic carbocycles. The molecule has 0 unspecified atom stereocenters. The van der Waals surface area contributed by atoms with E-state index in [1.54, 1.807) is 60.7 Å². The predicted octanol–water partition coefficient (Wildman–Crippen LogP) is 3.58. The summed E-state index contributed by atoms with van der Waals surface area (Å²) < 4.78 is 12.5. The van der Waals surface area contributed by atoms with Crippen LogP contribution in [0.15, 0.2) is 82.8 Å². The number of carbonyl (C=O) groups is 3. The molecule has 0 radical (unpaired) electrons. The molecular weight excluding hydrogens is 512 g/mol. The summed E-state index contributed by atoms with van der Waals surface area (Å²) in [5.74, 6) is -1.59. The fourth-order valence-electron chi connectivity index (χ4n) is 3.85. The summed E-state index contributed by atoms with van der Waals surface area (Å²) in [5, 5.41) is 4.75. The topological polar surface area (TPSA) is 165 Å². The van der Waals surface area contributed by atoms with Gasteiger partial charge in [-0.25, -0.2) is 14.4 Å². The van der Waals surface area contributed by atoms with Gasteiger partial charge in [-0.3, -0.25) is 9.36 Å². The highest BCUT2D eigenvalue weighted by molar-refractivity contribution is 8.00. The van der Waals surface area contributed by atoms with Gasteiger partial charge in [0.25, 0.3) is 0 Å². The van der Waals surface area contributed by atoms with Gasteiger partial charge in [-0.05, 0) is 35.9 Å². The molecule has 13 heteroatoms. The third kappa shape index (κ3) is 6.20. The monoisotopic (exact) mass is 534 g/mol. The highest BCUT2D eigenvalue weighted by Gasteiger charge is 2.48. The van der Waals surface area contributed by atoms with Crippen LogP contribution >= 0.6 is 11.8 Å². The average Bonchev–Trinajstić information content (AvgIpc) is 3.24. The van der Waals surface area contributed by atoms with Crippen LogP contribution in [0.1, 0.15) is 33.0 Å². The number of carbonyl (C=O) groups excluding carboxylic acids is 3. The van der Waals surface area contributed by atoms with Crippen LogP contribution in [0, 0.1) is 0 Å². The SMILES string of the molecule is CC(=O)Nc1ccn([C@@H]2S[C@H](COC(=O)c3ccccc3)[C@@H](OC(=O)c3ccccc3)[C@H]2N=[N+]=[N-])c(=O)n1. The van der Waals surface area contributed by atoms with Crippen molar-refractivity contribution in [1.29, 1.82) is 0 Å². The number of azide groups is 1. The van der Waals surface area contributed by atoms with Crippen LogP contribution in [-0.2, 0) is 14.3 Å². The van der Waals surface area contributed by atoms with Gasteiger partial charge in [0, 0.05) is 18.0 Å². The zero-order valence-corrected chi connectivity index (χ0v) is 20.9. The van der Waals surface area contributed by atoms with Crippen LogP contribution in [0.3, 0.4) is 0 Å². The lowest BCUT2D eigenvalue weighted by Crippen LogP contribution is -2.38. The van der Waals surface area contributed by atoms with Gasteiger partial charge < -0.3 is 14.8 Å². The van der Waals surface area contributed by atoms with Gasteiger partial charge in [-0.15, -0.1) is 11.8 Å². The number of nitrogens with one attached hydrogen (secondary N) is 1. The summed E-state index contributed by atoms with van der Waals surface area (Å²) in [6, 6.07) is 17.0. The second kappa shape index (κ2) is 12.1. The van der Waals surface area contributed by atoms with E-state index in [1.165, 1.54) is 23.8 Å². The van der Waals surface area contributed by atoms with Crippen LogP contribution in [0.2, 0.25) is 0 Å². The van der Waals surface area contributed by atoms with Gasteiger partial charge in [-0.2, -0.15) is 4.98 Å². The Morgan fingerprint density at radius 2 is 1.68 bits per heavy atom. The molecule has 1 aliphatic rings. The van der Waals surface area contributed by atoms with E-state index in [9.17, 15) is 24.7 Å². The molecule has 4 rings (SSSR count). The molecule has 3 aromatic rings. The molecule has 1 aromatic heterocycles. The van der Waals surface area contributed by atoms with Crippen LogP contribution in [0.4, 0.5) is 5.82 Å². The van der Waals surface area contributed by atoms with Crippen LogP contribution in [0.5, 0.6) is 0 Å². The zero-order valence-electron chi connectivity index (χ0n) is 20.0. The van der Waals surface area contributed by atoms with Gasteiger partial charge in [0.2, 0.25) is 5.91 Å². The summed E-state index contributed by atoms with van der Waals surface area (Å²) >= 11 is 1.14.